The maximum atomic E-state index is 12.2. The molecule has 9 heteroatoms. The molecule has 0 aromatic carbocycles. The Hall–Kier alpha value is -2.61. The summed E-state index contributed by atoms with van der Waals surface area (Å²) in [4.78, 5) is 52.1. The molecule has 0 fully saturated rings. The molecule has 0 saturated carbocycles. The highest BCUT2D eigenvalue weighted by Gasteiger charge is 2.19. The maximum absolute atomic E-state index is 12.2. The molecule has 3 aromatic heterocycles. The van der Waals surface area contributed by atoms with Crippen molar-refractivity contribution >= 4 is 34.2 Å². The lowest BCUT2D eigenvalue weighted by molar-refractivity contribution is 0.101. The van der Waals surface area contributed by atoms with Crippen LogP contribution in [0, 0.1) is 6.92 Å². The topological polar surface area (TPSA) is 103 Å². The molecule has 0 atom stereocenters. The minimum atomic E-state index is -0.465. The number of aryl methyl sites for hydroxylation is 1. The largest absolute Gasteiger partial charge is 0.293 e. The second-order valence-corrected chi connectivity index (χ2v) is 4.29. The minimum absolute atomic E-state index is 0.00241. The molecular formula is C12H9ClN4O4. The Morgan fingerprint density at radius 3 is 2.19 bits per heavy atom. The van der Waals surface area contributed by atoms with Crippen molar-refractivity contribution in [1.29, 1.82) is 0 Å². The smallest absolute Gasteiger partial charge is 0.283 e. The van der Waals surface area contributed by atoms with Crippen LogP contribution in [0.25, 0.3) is 11.0 Å². The number of Topliss-reactive ketones (excluding diaryl/α,β-unsaturated/α-hetero) is 1. The Balaban J connectivity index is 0.000000497. The molecule has 21 heavy (non-hydrogen) atoms. The number of rotatable bonds is 1. The number of nitrogens with zero attached hydrogens (tertiary/aromatic N) is 4. The van der Waals surface area contributed by atoms with E-state index in [2.05, 4.69) is 21.6 Å². The Labute approximate surface area is 122 Å². The number of imidazole rings is 2. The van der Waals surface area contributed by atoms with Crippen LogP contribution in [-0.2, 0) is 4.79 Å². The first-order chi connectivity index (χ1) is 9.93. The molecule has 0 aliphatic rings. The monoisotopic (exact) mass is 308 g/mol. The van der Waals surface area contributed by atoms with Gasteiger partial charge in [-0.1, -0.05) is 0 Å². The summed E-state index contributed by atoms with van der Waals surface area (Å²) in [7, 11) is 0. The van der Waals surface area contributed by atoms with Gasteiger partial charge >= 0.3 is 0 Å². The van der Waals surface area contributed by atoms with E-state index in [1.54, 1.807) is 6.92 Å². The molecule has 0 unspecified atom stereocenters. The zero-order valence-corrected chi connectivity index (χ0v) is 11.8. The standard InChI is InChI=1S/C11H8N4O3.CHClO/c1-5-8-10(17)15-4-13-7(6(2)16)9(15)11(18)14(8)3-12-5;2-1-3/h3-4H,1-2H3;1H. The van der Waals surface area contributed by atoms with Crippen molar-refractivity contribution in [2.24, 2.45) is 0 Å². The number of carbonyl (C=O) groups is 2. The van der Waals surface area contributed by atoms with E-state index >= 15 is 0 Å². The fourth-order valence-corrected chi connectivity index (χ4v) is 2.04. The molecule has 0 spiro atoms. The van der Waals surface area contributed by atoms with E-state index in [1.165, 1.54) is 19.6 Å². The van der Waals surface area contributed by atoms with Crippen molar-refractivity contribution in [1.82, 2.24) is 18.8 Å². The second-order valence-electron chi connectivity index (χ2n) is 4.12. The minimum Gasteiger partial charge on any atom is -0.293 e. The first-order valence-corrected chi connectivity index (χ1v) is 6.13. The van der Waals surface area contributed by atoms with Gasteiger partial charge in [0.25, 0.3) is 11.1 Å². The lowest BCUT2D eigenvalue weighted by Gasteiger charge is -1.96. The SMILES string of the molecule is CC(=O)c1ncn2c(=O)c3c(C)ncn3c(=O)c12.O=CCl. The molecule has 8 nitrogen and oxygen atoms in total. The van der Waals surface area contributed by atoms with Crippen LogP contribution in [-0.4, -0.2) is 30.3 Å². The van der Waals surface area contributed by atoms with Crippen LogP contribution >= 0.6 is 11.6 Å². The van der Waals surface area contributed by atoms with Gasteiger partial charge in [-0.2, -0.15) is 0 Å². The Bertz CT molecular complexity index is 959. The Morgan fingerprint density at radius 1 is 1.14 bits per heavy atom. The summed E-state index contributed by atoms with van der Waals surface area (Å²) in [6.45, 7) is 2.94. The number of ketones is 1. The molecule has 0 aliphatic heterocycles. The summed E-state index contributed by atoms with van der Waals surface area (Å²) in [5.74, 6) is -0.134. The van der Waals surface area contributed by atoms with Crippen LogP contribution in [0.5, 0.6) is 0 Å². The van der Waals surface area contributed by atoms with E-state index < -0.39 is 11.1 Å². The third-order valence-corrected chi connectivity index (χ3v) is 2.89. The lowest BCUT2D eigenvalue weighted by Crippen LogP contribution is -2.26. The number of carbonyl (C=O) groups excluding carboxylic acids is 2. The van der Waals surface area contributed by atoms with Gasteiger partial charge in [0.1, 0.15) is 29.4 Å². The zero-order valence-electron chi connectivity index (χ0n) is 11.0. The second kappa shape index (κ2) is 5.41. The molecule has 3 heterocycles. The van der Waals surface area contributed by atoms with Crippen molar-refractivity contribution in [2.45, 2.75) is 13.8 Å². The van der Waals surface area contributed by atoms with Crippen LogP contribution < -0.4 is 11.1 Å². The van der Waals surface area contributed by atoms with Crippen LogP contribution in [0.1, 0.15) is 23.1 Å². The Kier molecular flexibility index (Phi) is 3.81. The van der Waals surface area contributed by atoms with Gasteiger partial charge in [-0.15, -0.1) is 0 Å². The van der Waals surface area contributed by atoms with Crippen molar-refractivity contribution in [3.8, 4) is 0 Å². The molecule has 0 radical (unpaired) electrons. The lowest BCUT2D eigenvalue weighted by atomic mass is 10.3. The molecule has 3 aromatic rings. The summed E-state index contributed by atoms with van der Waals surface area (Å²) in [6.07, 6.45) is 2.48. The van der Waals surface area contributed by atoms with Crippen molar-refractivity contribution in [2.75, 3.05) is 0 Å². The van der Waals surface area contributed by atoms with Crippen LogP contribution in [0.4, 0.5) is 0 Å². The number of aromatic nitrogens is 4. The van der Waals surface area contributed by atoms with E-state index in [0.717, 1.165) is 8.80 Å². The number of fused-ring (bicyclic) bond motifs is 2. The van der Waals surface area contributed by atoms with Gasteiger partial charge < -0.3 is 0 Å². The van der Waals surface area contributed by atoms with E-state index in [9.17, 15) is 14.4 Å². The third-order valence-electron chi connectivity index (χ3n) is 2.89. The number of hydrogen-bond donors (Lipinski definition) is 0. The predicted molar refractivity (Wildman–Crippen MR) is 75.0 cm³/mol. The molecule has 0 aliphatic carbocycles. The fraction of sp³-hybridized carbons (Fsp3) is 0.167. The first-order valence-electron chi connectivity index (χ1n) is 5.69. The fourth-order valence-electron chi connectivity index (χ4n) is 2.04. The van der Waals surface area contributed by atoms with Crippen molar-refractivity contribution < 1.29 is 9.59 Å². The van der Waals surface area contributed by atoms with Gasteiger partial charge in [0.05, 0.1) is 5.69 Å². The predicted octanol–water partition coefficient (Wildman–Crippen LogP) is 0.0666. The van der Waals surface area contributed by atoms with Crippen molar-refractivity contribution in [3.05, 3.63) is 44.8 Å². The molecule has 3 rings (SSSR count). The van der Waals surface area contributed by atoms with Gasteiger partial charge in [-0.3, -0.25) is 28.0 Å². The first kappa shape index (κ1) is 14.8. The molecule has 0 N–H and O–H groups in total. The third kappa shape index (κ3) is 2.19. The summed E-state index contributed by atoms with van der Waals surface area (Å²) >= 11 is 4.32. The molecule has 108 valence electrons. The highest BCUT2D eigenvalue weighted by atomic mass is 35.5. The van der Waals surface area contributed by atoms with Crippen LogP contribution in [0.3, 0.4) is 0 Å². The maximum Gasteiger partial charge on any atom is 0.283 e. The van der Waals surface area contributed by atoms with E-state index in [1.807, 2.05) is 0 Å². The average molecular weight is 309 g/mol. The van der Waals surface area contributed by atoms with Gasteiger partial charge in [0.15, 0.2) is 5.78 Å². The normalized spacial score (nSPS) is 10.4. The average Bonchev–Trinajstić information content (AvgIpc) is 3.01. The summed E-state index contributed by atoms with van der Waals surface area (Å²) in [5, 5.41) is 0. The molecular weight excluding hydrogens is 300 g/mol. The van der Waals surface area contributed by atoms with Gasteiger partial charge in [-0.05, 0) is 18.5 Å². The van der Waals surface area contributed by atoms with Gasteiger partial charge in [0.2, 0.25) is 5.75 Å². The van der Waals surface area contributed by atoms with Gasteiger partial charge in [-0.25, -0.2) is 9.97 Å². The Morgan fingerprint density at radius 2 is 1.62 bits per heavy atom. The summed E-state index contributed by atoms with van der Waals surface area (Å²) in [6, 6.07) is 0. The van der Waals surface area contributed by atoms with E-state index in [0.29, 0.717) is 5.69 Å². The summed E-state index contributed by atoms with van der Waals surface area (Å²) in [5.41, 5.74) is -0.188. The van der Waals surface area contributed by atoms with Gasteiger partial charge in [0, 0.05) is 6.92 Å². The van der Waals surface area contributed by atoms with Crippen LogP contribution in [0.15, 0.2) is 22.2 Å². The summed E-state index contributed by atoms with van der Waals surface area (Å²) < 4.78 is 2.25. The molecule has 0 bridgehead atoms. The van der Waals surface area contributed by atoms with Crippen LogP contribution in [0.2, 0.25) is 0 Å². The molecule has 0 saturated heterocycles. The highest BCUT2D eigenvalue weighted by molar-refractivity contribution is 6.54. The van der Waals surface area contributed by atoms with Crippen molar-refractivity contribution in [3.63, 3.8) is 0 Å². The molecule has 0 amide bonds. The van der Waals surface area contributed by atoms with E-state index in [-0.39, 0.29) is 28.3 Å². The zero-order chi connectivity index (χ0) is 15.7. The quantitative estimate of drug-likeness (QED) is 0.358. The number of halogens is 1. The number of hydrogen-bond acceptors (Lipinski definition) is 6. The van der Waals surface area contributed by atoms with E-state index in [4.69, 9.17) is 4.79 Å². The highest BCUT2D eigenvalue weighted by Crippen LogP contribution is 2.06.